The molecule has 0 aliphatic heterocycles. The summed E-state index contributed by atoms with van der Waals surface area (Å²) in [4.78, 5) is 0. The number of aliphatic hydroxyl groups excluding tert-OH is 1. The number of aliphatic hydroxyl groups is 1. The molecule has 0 unspecified atom stereocenters. The Balaban J connectivity index is 4.81. The second kappa shape index (κ2) is 6.61. The molecule has 5 nitrogen and oxygen atoms in total. The predicted octanol–water partition coefficient (Wildman–Crippen LogP) is 1.55. The number of hydrogen-bond donors (Lipinski definition) is 2. The van der Waals surface area contributed by atoms with Crippen molar-refractivity contribution in [1.82, 2.24) is 0 Å². The van der Waals surface area contributed by atoms with Crippen LogP contribution in [0.3, 0.4) is 0 Å². The Morgan fingerprint density at radius 1 is 1.38 bits per heavy atom. The maximum absolute atomic E-state index is 13.6. The molecule has 0 aromatic heterocycles. The minimum absolute atomic E-state index is 0.152. The van der Waals surface area contributed by atoms with E-state index in [1.165, 1.54) is 13.8 Å². The molecule has 0 fully saturated rings. The largest absolute Gasteiger partial charge is 0.399 e. The fourth-order valence-corrected chi connectivity index (χ4v) is 2.65. The SMILES string of the molecule is CCOP(=O)(OCC)C(F)(F)C[C@H](N)CO. The molecule has 8 heteroatoms. The van der Waals surface area contributed by atoms with Crippen molar-refractivity contribution < 1.29 is 27.5 Å². The molecule has 0 aromatic carbocycles. The van der Waals surface area contributed by atoms with E-state index in [2.05, 4.69) is 9.05 Å². The van der Waals surface area contributed by atoms with Gasteiger partial charge in [0, 0.05) is 12.5 Å². The first-order valence-electron chi connectivity index (χ1n) is 4.96. The molecule has 98 valence electrons. The van der Waals surface area contributed by atoms with Crippen LogP contribution in [0.2, 0.25) is 0 Å². The van der Waals surface area contributed by atoms with E-state index in [4.69, 9.17) is 10.8 Å². The van der Waals surface area contributed by atoms with Crippen molar-refractivity contribution >= 4 is 7.60 Å². The van der Waals surface area contributed by atoms with E-state index < -0.39 is 32.3 Å². The average molecular weight is 261 g/mol. The van der Waals surface area contributed by atoms with E-state index in [9.17, 15) is 13.3 Å². The highest BCUT2D eigenvalue weighted by atomic mass is 31.2. The van der Waals surface area contributed by atoms with Crippen LogP contribution in [0, 0.1) is 0 Å². The van der Waals surface area contributed by atoms with Gasteiger partial charge in [-0.3, -0.25) is 4.57 Å². The first-order chi connectivity index (χ1) is 7.33. The number of nitrogens with two attached hydrogens (primary N) is 1. The van der Waals surface area contributed by atoms with Gasteiger partial charge in [-0.2, -0.15) is 8.78 Å². The Hall–Kier alpha value is -0.0700. The van der Waals surface area contributed by atoms with Crippen LogP contribution < -0.4 is 5.73 Å². The summed E-state index contributed by atoms with van der Waals surface area (Å²) in [6.07, 6.45) is -0.944. The van der Waals surface area contributed by atoms with Crippen molar-refractivity contribution in [2.45, 2.75) is 32.0 Å². The van der Waals surface area contributed by atoms with Crippen LogP contribution in [0.4, 0.5) is 8.78 Å². The molecule has 0 spiro atoms. The third-order valence-corrected chi connectivity index (χ3v) is 3.92. The smallest absolute Gasteiger partial charge is 0.395 e. The molecule has 0 aromatic rings. The fraction of sp³-hybridized carbons (Fsp3) is 1.00. The van der Waals surface area contributed by atoms with Crippen LogP contribution in [0.5, 0.6) is 0 Å². The standard InChI is InChI=1S/C8H18F2NO4P/c1-3-14-16(13,15-4-2)8(9,10)5-7(11)6-12/h7,12H,3-6,11H2,1-2H3/t7-/m0/s1. The quantitative estimate of drug-likeness (QED) is 0.648. The van der Waals surface area contributed by atoms with Crippen LogP contribution in [-0.4, -0.2) is 36.6 Å². The minimum atomic E-state index is -4.51. The first kappa shape index (κ1) is 15.9. The van der Waals surface area contributed by atoms with Crippen molar-refractivity contribution in [3.05, 3.63) is 0 Å². The van der Waals surface area contributed by atoms with Gasteiger partial charge in [-0.15, -0.1) is 0 Å². The van der Waals surface area contributed by atoms with Crippen molar-refractivity contribution in [2.75, 3.05) is 19.8 Å². The Bertz CT molecular complexity index is 242. The molecular formula is C8H18F2NO4P. The molecule has 0 rings (SSSR count). The number of halogens is 2. The third-order valence-electron chi connectivity index (χ3n) is 1.74. The van der Waals surface area contributed by atoms with E-state index in [0.717, 1.165) is 0 Å². The van der Waals surface area contributed by atoms with Crippen molar-refractivity contribution in [2.24, 2.45) is 5.73 Å². The molecule has 0 aliphatic carbocycles. The van der Waals surface area contributed by atoms with E-state index in [0.29, 0.717) is 0 Å². The molecule has 0 saturated carbocycles. The zero-order valence-electron chi connectivity index (χ0n) is 9.36. The lowest BCUT2D eigenvalue weighted by Gasteiger charge is -2.27. The zero-order valence-corrected chi connectivity index (χ0v) is 10.3. The van der Waals surface area contributed by atoms with Gasteiger partial charge in [-0.1, -0.05) is 0 Å². The summed E-state index contributed by atoms with van der Waals surface area (Å²) in [5.41, 5.74) is 1.49. The van der Waals surface area contributed by atoms with E-state index in [1.807, 2.05) is 0 Å². The van der Waals surface area contributed by atoms with Crippen LogP contribution in [0.1, 0.15) is 20.3 Å². The maximum atomic E-state index is 13.6. The van der Waals surface area contributed by atoms with Gasteiger partial charge in [-0.05, 0) is 13.8 Å². The van der Waals surface area contributed by atoms with E-state index >= 15 is 0 Å². The van der Waals surface area contributed by atoms with Gasteiger partial charge >= 0.3 is 13.3 Å². The summed E-state index contributed by atoms with van der Waals surface area (Å²) in [7, 11) is -4.51. The number of alkyl halides is 2. The van der Waals surface area contributed by atoms with Gasteiger partial charge in [0.2, 0.25) is 0 Å². The summed E-state index contributed by atoms with van der Waals surface area (Å²) in [5, 5.41) is 8.59. The second-order valence-electron chi connectivity index (χ2n) is 3.15. The molecule has 0 amide bonds. The molecule has 0 saturated heterocycles. The maximum Gasteiger partial charge on any atom is 0.399 e. The normalized spacial score (nSPS) is 15.1. The monoisotopic (exact) mass is 261 g/mol. The number of rotatable bonds is 8. The molecule has 0 heterocycles. The Morgan fingerprint density at radius 2 is 1.81 bits per heavy atom. The summed E-state index contributed by atoms with van der Waals surface area (Å²) < 4.78 is 48.0. The summed E-state index contributed by atoms with van der Waals surface area (Å²) in [5.74, 6) is 0. The highest BCUT2D eigenvalue weighted by molar-refractivity contribution is 7.55. The molecule has 0 radical (unpaired) electrons. The predicted molar refractivity (Wildman–Crippen MR) is 55.5 cm³/mol. The van der Waals surface area contributed by atoms with Crippen molar-refractivity contribution in [3.63, 3.8) is 0 Å². The Morgan fingerprint density at radius 3 is 2.12 bits per heavy atom. The Labute approximate surface area is 93.4 Å². The van der Waals surface area contributed by atoms with Crippen molar-refractivity contribution in [3.8, 4) is 0 Å². The van der Waals surface area contributed by atoms with Crippen LogP contribution >= 0.6 is 7.60 Å². The van der Waals surface area contributed by atoms with Gasteiger partial charge in [-0.25, -0.2) is 0 Å². The van der Waals surface area contributed by atoms with Gasteiger partial charge in [0.1, 0.15) is 0 Å². The molecule has 3 N–H and O–H groups in total. The third kappa shape index (κ3) is 4.07. The fourth-order valence-electron chi connectivity index (χ4n) is 1.06. The lowest BCUT2D eigenvalue weighted by atomic mass is 10.2. The lowest BCUT2D eigenvalue weighted by molar-refractivity contribution is 0.0211. The van der Waals surface area contributed by atoms with Crippen molar-refractivity contribution in [1.29, 1.82) is 0 Å². The summed E-state index contributed by atoms with van der Waals surface area (Å²) in [6.45, 7) is 1.96. The minimum Gasteiger partial charge on any atom is -0.395 e. The van der Waals surface area contributed by atoms with Crippen LogP contribution in [0.15, 0.2) is 0 Å². The van der Waals surface area contributed by atoms with Gasteiger partial charge in [0.05, 0.1) is 19.8 Å². The Kier molecular flexibility index (Phi) is 6.58. The molecule has 16 heavy (non-hydrogen) atoms. The number of hydrogen-bond acceptors (Lipinski definition) is 5. The average Bonchev–Trinajstić information content (AvgIpc) is 2.17. The van der Waals surface area contributed by atoms with Gasteiger partial charge in [0.15, 0.2) is 0 Å². The van der Waals surface area contributed by atoms with Crippen LogP contribution in [0.25, 0.3) is 0 Å². The highest BCUT2D eigenvalue weighted by Crippen LogP contribution is 2.63. The van der Waals surface area contributed by atoms with Gasteiger partial charge < -0.3 is 19.9 Å². The summed E-state index contributed by atoms with van der Waals surface area (Å²) >= 11 is 0. The molecule has 1 atom stereocenters. The molecule has 0 aliphatic rings. The molecule has 0 bridgehead atoms. The second-order valence-corrected chi connectivity index (χ2v) is 5.31. The van der Waals surface area contributed by atoms with Gasteiger partial charge in [0.25, 0.3) is 0 Å². The topological polar surface area (TPSA) is 81.8 Å². The van der Waals surface area contributed by atoms with Crippen LogP contribution in [-0.2, 0) is 13.6 Å². The highest BCUT2D eigenvalue weighted by Gasteiger charge is 2.53. The van der Waals surface area contributed by atoms with E-state index in [-0.39, 0.29) is 13.2 Å². The first-order valence-corrected chi connectivity index (χ1v) is 6.50. The summed E-state index contributed by atoms with van der Waals surface area (Å²) in [6, 6.07) is -1.16. The molecular weight excluding hydrogens is 243 g/mol. The van der Waals surface area contributed by atoms with E-state index in [1.54, 1.807) is 0 Å². The lowest BCUT2D eigenvalue weighted by Crippen LogP contribution is -2.34. The zero-order chi connectivity index (χ0) is 12.8.